The van der Waals surface area contributed by atoms with E-state index in [4.69, 9.17) is 0 Å². The number of hydrogen-bond acceptors (Lipinski definition) is 2. The molecule has 1 unspecified atom stereocenters. The zero-order valence-electron chi connectivity index (χ0n) is 19.3. The number of carboxylic acids is 1. The van der Waals surface area contributed by atoms with Crippen LogP contribution in [0.25, 0.3) is 0 Å². The number of rotatable bonds is 18. The minimum absolute atomic E-state index is 0.233. The van der Waals surface area contributed by atoms with E-state index in [0.29, 0.717) is 5.92 Å². The monoisotopic (exact) mass is 381 g/mol. The van der Waals surface area contributed by atoms with Gasteiger partial charge in [-0.15, -0.1) is 0 Å². The summed E-state index contributed by atoms with van der Waals surface area (Å²) in [5.41, 5.74) is -0.233. The molecule has 2 N–H and O–H groups in total. The molecule has 0 spiro atoms. The molecule has 0 aliphatic rings. The van der Waals surface area contributed by atoms with Crippen molar-refractivity contribution >= 4 is 14.0 Å². The van der Waals surface area contributed by atoms with Gasteiger partial charge in [0, 0.05) is 0 Å². The molecule has 4 heteroatoms. The fourth-order valence-electron chi connectivity index (χ4n) is 4.70. The second-order valence-electron chi connectivity index (χ2n) is 9.40. The Morgan fingerprint density at radius 1 is 0.926 bits per heavy atom. The highest BCUT2D eigenvalue weighted by Crippen LogP contribution is 2.36. The van der Waals surface area contributed by atoms with Crippen molar-refractivity contribution in [2.24, 2.45) is 17.3 Å². The molecule has 0 heterocycles. The van der Waals surface area contributed by atoms with Gasteiger partial charge in [0.2, 0.25) is 0 Å². The highest BCUT2D eigenvalue weighted by Gasteiger charge is 2.36. The molecular formula is C23H48BNO2. The molecule has 0 aliphatic heterocycles. The van der Waals surface area contributed by atoms with Gasteiger partial charge in [0.1, 0.15) is 6.04 Å². The maximum atomic E-state index is 11.6. The topological polar surface area (TPSA) is 49.3 Å². The number of carbonyl (C=O) groups is 1. The third-order valence-corrected chi connectivity index (χ3v) is 6.33. The fraction of sp³-hybridized carbons (Fsp3) is 0.957. The lowest BCUT2D eigenvalue weighted by Gasteiger charge is -2.36. The van der Waals surface area contributed by atoms with Crippen molar-refractivity contribution in [2.45, 2.75) is 124 Å². The molecule has 0 aromatic carbocycles. The Bertz CT molecular complexity index is 359. The fourth-order valence-corrected chi connectivity index (χ4v) is 4.70. The van der Waals surface area contributed by atoms with Crippen LogP contribution in [-0.2, 0) is 4.79 Å². The minimum Gasteiger partial charge on any atom is -0.480 e. The quantitative estimate of drug-likeness (QED) is 0.227. The van der Waals surface area contributed by atoms with Crippen molar-refractivity contribution in [1.82, 2.24) is 5.23 Å². The molecule has 0 aromatic heterocycles. The summed E-state index contributed by atoms with van der Waals surface area (Å²) in [5, 5.41) is 12.6. The standard InChI is InChI=1S/C23H48BNO2/c1-6-8-10-12-14-16-20(17-15-13-11-9-7-2)19(3)18-23(4,5)21(25-24)22(26)27/h19-21,25H,6-18,24H2,1-5H3,(H,26,27)/t19?,21-/m1/s1. The van der Waals surface area contributed by atoms with E-state index in [1.165, 1.54) is 77.0 Å². The van der Waals surface area contributed by atoms with Crippen molar-refractivity contribution in [3.63, 3.8) is 0 Å². The Balaban J connectivity index is 4.70. The first-order valence-electron chi connectivity index (χ1n) is 11.7. The lowest BCUT2D eigenvalue weighted by atomic mass is 9.71. The Labute approximate surface area is 170 Å². The minimum atomic E-state index is -0.731. The van der Waals surface area contributed by atoms with E-state index in [1.807, 2.05) is 0 Å². The molecule has 0 saturated carbocycles. The molecule has 3 nitrogen and oxygen atoms in total. The van der Waals surface area contributed by atoms with Gasteiger partial charge in [0.25, 0.3) is 0 Å². The molecule has 0 radical (unpaired) electrons. The van der Waals surface area contributed by atoms with Crippen LogP contribution in [0.2, 0.25) is 0 Å². The normalized spacial score (nSPS) is 14.4. The smallest absolute Gasteiger partial charge is 0.320 e. The zero-order valence-corrected chi connectivity index (χ0v) is 19.3. The van der Waals surface area contributed by atoms with E-state index in [1.54, 1.807) is 7.98 Å². The Morgan fingerprint density at radius 2 is 1.37 bits per heavy atom. The molecule has 0 rings (SSSR count). The molecule has 0 saturated heterocycles. The van der Waals surface area contributed by atoms with E-state index < -0.39 is 12.0 Å². The first-order valence-corrected chi connectivity index (χ1v) is 11.7. The van der Waals surface area contributed by atoms with Crippen LogP contribution in [-0.4, -0.2) is 25.1 Å². The number of aliphatic carboxylic acids is 1. The number of unbranched alkanes of at least 4 members (excludes halogenated alkanes) is 8. The largest absolute Gasteiger partial charge is 0.480 e. The van der Waals surface area contributed by atoms with Gasteiger partial charge in [-0.3, -0.25) is 4.79 Å². The predicted octanol–water partition coefficient (Wildman–Crippen LogP) is 5.97. The summed E-state index contributed by atoms with van der Waals surface area (Å²) in [7, 11) is 1.77. The average Bonchev–Trinajstić information content (AvgIpc) is 2.58. The SMILES string of the molecule is BN[C@H](C(=O)O)C(C)(C)CC(C)C(CCCCCCC)CCCCCCC. The summed E-state index contributed by atoms with van der Waals surface area (Å²) >= 11 is 0. The predicted molar refractivity (Wildman–Crippen MR) is 121 cm³/mol. The van der Waals surface area contributed by atoms with Gasteiger partial charge in [0.05, 0.1) is 0 Å². The van der Waals surface area contributed by atoms with Crippen molar-refractivity contribution in [3.05, 3.63) is 0 Å². The van der Waals surface area contributed by atoms with Crippen molar-refractivity contribution in [2.75, 3.05) is 0 Å². The molecule has 0 amide bonds. The molecule has 0 aliphatic carbocycles. The van der Waals surface area contributed by atoms with E-state index in [2.05, 4.69) is 39.8 Å². The molecule has 160 valence electrons. The summed E-state index contributed by atoms with van der Waals surface area (Å²) in [5.74, 6) is 0.580. The maximum absolute atomic E-state index is 11.6. The maximum Gasteiger partial charge on any atom is 0.320 e. The van der Waals surface area contributed by atoms with Gasteiger partial charge in [0.15, 0.2) is 7.98 Å². The molecule has 0 fully saturated rings. The van der Waals surface area contributed by atoms with Crippen molar-refractivity contribution in [1.29, 1.82) is 0 Å². The van der Waals surface area contributed by atoms with Crippen LogP contribution in [0, 0.1) is 17.3 Å². The summed E-state index contributed by atoms with van der Waals surface area (Å²) in [6.07, 6.45) is 17.0. The highest BCUT2D eigenvalue weighted by molar-refractivity contribution is 6.06. The molecule has 0 aromatic rings. The summed E-state index contributed by atoms with van der Waals surface area (Å²) < 4.78 is 0. The Morgan fingerprint density at radius 3 is 1.74 bits per heavy atom. The van der Waals surface area contributed by atoms with E-state index in [-0.39, 0.29) is 5.41 Å². The van der Waals surface area contributed by atoms with Gasteiger partial charge in [-0.25, -0.2) is 0 Å². The van der Waals surface area contributed by atoms with Gasteiger partial charge >= 0.3 is 5.97 Å². The van der Waals surface area contributed by atoms with Crippen LogP contribution < -0.4 is 5.23 Å². The van der Waals surface area contributed by atoms with Crippen LogP contribution >= 0.6 is 0 Å². The van der Waals surface area contributed by atoms with E-state index in [0.717, 1.165) is 12.3 Å². The molecule has 0 bridgehead atoms. The summed E-state index contributed by atoms with van der Waals surface area (Å²) in [6, 6.07) is -0.477. The van der Waals surface area contributed by atoms with E-state index >= 15 is 0 Å². The van der Waals surface area contributed by atoms with Gasteiger partial charge in [-0.1, -0.05) is 112 Å². The van der Waals surface area contributed by atoms with Crippen LogP contribution in [0.15, 0.2) is 0 Å². The highest BCUT2D eigenvalue weighted by atomic mass is 16.4. The zero-order chi connectivity index (χ0) is 20.7. The van der Waals surface area contributed by atoms with Gasteiger partial charge in [-0.2, -0.15) is 0 Å². The second-order valence-corrected chi connectivity index (χ2v) is 9.40. The van der Waals surface area contributed by atoms with Crippen molar-refractivity contribution in [3.8, 4) is 0 Å². The first kappa shape index (κ1) is 26.5. The van der Waals surface area contributed by atoms with Gasteiger partial charge < -0.3 is 10.3 Å². The second kappa shape index (κ2) is 15.4. The van der Waals surface area contributed by atoms with E-state index in [9.17, 15) is 9.90 Å². The van der Waals surface area contributed by atoms with Gasteiger partial charge in [-0.05, 0) is 23.7 Å². The molecular weight excluding hydrogens is 333 g/mol. The van der Waals surface area contributed by atoms with Crippen LogP contribution in [0.4, 0.5) is 0 Å². The number of hydrogen-bond donors (Lipinski definition) is 2. The lowest BCUT2D eigenvalue weighted by Crippen LogP contribution is -2.47. The van der Waals surface area contributed by atoms with Crippen LogP contribution in [0.5, 0.6) is 0 Å². The number of nitrogens with one attached hydrogen (secondary N) is 1. The molecule has 2 atom stereocenters. The third-order valence-electron chi connectivity index (χ3n) is 6.33. The van der Waals surface area contributed by atoms with Crippen molar-refractivity contribution < 1.29 is 9.90 Å². The van der Waals surface area contributed by atoms with Crippen LogP contribution in [0.1, 0.15) is 118 Å². The first-order chi connectivity index (χ1) is 12.8. The lowest BCUT2D eigenvalue weighted by molar-refractivity contribution is -0.142. The summed E-state index contributed by atoms with van der Waals surface area (Å²) in [4.78, 5) is 11.6. The number of carboxylic acid groups (broad SMARTS) is 1. The molecule has 27 heavy (non-hydrogen) atoms. The third kappa shape index (κ3) is 11.8. The Kier molecular flexibility index (Phi) is 15.1. The average molecular weight is 381 g/mol. The Hall–Kier alpha value is -0.505. The van der Waals surface area contributed by atoms with Crippen LogP contribution in [0.3, 0.4) is 0 Å². The summed E-state index contributed by atoms with van der Waals surface area (Å²) in [6.45, 7) is 11.1.